The Hall–Kier alpha value is -0.0301. The van der Waals surface area contributed by atoms with Crippen molar-refractivity contribution < 1.29 is 18.6 Å². The summed E-state index contributed by atoms with van der Waals surface area (Å²) < 4.78 is 26.5. The molecule has 0 unspecified atom stereocenters. The molecule has 0 aromatic heterocycles. The average molecular weight is 366 g/mol. The molecule has 2 aliphatic heterocycles. The molecule has 0 spiro atoms. The molecule has 0 amide bonds. The quantitative estimate of drug-likeness (QED) is 0.514. The molecule has 0 aromatic carbocycles. The summed E-state index contributed by atoms with van der Waals surface area (Å²) in [6.07, 6.45) is 7.51. The van der Waals surface area contributed by atoms with Crippen LogP contribution in [-0.4, -0.2) is 36.4 Å². The molecule has 6 heteroatoms. The Morgan fingerprint density at radius 3 is 0.654 bits per heavy atom. The van der Waals surface area contributed by atoms with Gasteiger partial charge in [0.25, 0.3) is 0 Å². The minimum absolute atomic E-state index is 0.265. The highest BCUT2D eigenvalue weighted by Gasteiger charge is 2.68. The maximum Gasteiger partial charge on any atom is 0.489 e. The van der Waals surface area contributed by atoms with Crippen LogP contribution in [0.3, 0.4) is 0 Å². The van der Waals surface area contributed by atoms with Crippen LogP contribution in [0.4, 0.5) is 0 Å². The van der Waals surface area contributed by atoms with E-state index in [1.807, 2.05) is 0 Å². The summed E-state index contributed by atoms with van der Waals surface area (Å²) in [7, 11) is -0.903. The van der Waals surface area contributed by atoms with Crippen LogP contribution in [0, 0.1) is 0 Å². The molecule has 0 bridgehead atoms. The predicted octanol–water partition coefficient (Wildman–Crippen LogP) is 5.37. The first kappa shape index (κ1) is 22.3. The normalized spacial score (nSPS) is 25.8. The lowest BCUT2D eigenvalue weighted by molar-refractivity contribution is -0.0601. The van der Waals surface area contributed by atoms with E-state index in [0.717, 1.165) is 51.4 Å². The Morgan fingerprint density at radius 2 is 0.538 bits per heavy atom. The molecule has 0 atom stereocenters. The van der Waals surface area contributed by atoms with Gasteiger partial charge < -0.3 is 18.6 Å². The standard InChI is InChI=1S/C20H40B2O4/c1-9-17(10-2)18(11-3,12-4)24-21(23-17)22-25-19(13-5,14-6)20(15-7,16-8)26-22/h9-16H2,1-8H3. The van der Waals surface area contributed by atoms with Gasteiger partial charge in [-0.05, 0) is 51.4 Å². The van der Waals surface area contributed by atoms with Gasteiger partial charge in [-0.25, -0.2) is 0 Å². The Labute approximate surface area is 162 Å². The van der Waals surface area contributed by atoms with Gasteiger partial charge in [-0.15, -0.1) is 0 Å². The molecule has 26 heavy (non-hydrogen) atoms. The summed E-state index contributed by atoms with van der Waals surface area (Å²) in [5.41, 5.74) is -1.06. The van der Waals surface area contributed by atoms with Crippen LogP contribution >= 0.6 is 0 Å². The Bertz CT molecular complexity index is 373. The zero-order chi connectivity index (χ0) is 19.6. The third-order valence-corrected chi connectivity index (χ3v) is 7.82. The van der Waals surface area contributed by atoms with E-state index in [1.54, 1.807) is 0 Å². The number of rotatable bonds is 9. The smallest absolute Gasteiger partial charge is 0.405 e. The van der Waals surface area contributed by atoms with Gasteiger partial charge in [0.1, 0.15) is 0 Å². The van der Waals surface area contributed by atoms with Gasteiger partial charge in [0, 0.05) is 0 Å². The fourth-order valence-corrected chi connectivity index (χ4v) is 5.83. The number of hydrogen-bond donors (Lipinski definition) is 0. The first-order valence-electron chi connectivity index (χ1n) is 11.1. The topological polar surface area (TPSA) is 36.9 Å². The van der Waals surface area contributed by atoms with Gasteiger partial charge in [-0.1, -0.05) is 55.4 Å². The van der Waals surface area contributed by atoms with Gasteiger partial charge in [0.2, 0.25) is 0 Å². The van der Waals surface area contributed by atoms with Crippen molar-refractivity contribution in [2.75, 3.05) is 0 Å². The third-order valence-electron chi connectivity index (χ3n) is 7.82. The summed E-state index contributed by atoms with van der Waals surface area (Å²) in [5, 5.41) is 0. The highest BCUT2D eigenvalue weighted by Crippen LogP contribution is 2.52. The summed E-state index contributed by atoms with van der Waals surface area (Å²) >= 11 is 0. The first-order chi connectivity index (χ1) is 12.4. The SMILES string of the molecule is CCC1(CC)OB(B2OC(CC)(CC)C(CC)(CC)O2)OC1(CC)CC. The average Bonchev–Trinajstić information content (AvgIpc) is 3.22. The minimum atomic E-state index is -0.452. The molecule has 2 fully saturated rings. The van der Waals surface area contributed by atoms with E-state index in [1.165, 1.54) is 0 Å². The molecule has 2 saturated heterocycles. The van der Waals surface area contributed by atoms with Gasteiger partial charge >= 0.3 is 14.0 Å². The highest BCUT2D eigenvalue weighted by molar-refractivity contribution is 7.11. The van der Waals surface area contributed by atoms with E-state index in [2.05, 4.69) is 55.4 Å². The fourth-order valence-electron chi connectivity index (χ4n) is 5.83. The van der Waals surface area contributed by atoms with Crippen molar-refractivity contribution in [1.29, 1.82) is 0 Å². The second kappa shape index (κ2) is 8.14. The van der Waals surface area contributed by atoms with E-state index in [4.69, 9.17) is 18.6 Å². The first-order valence-corrected chi connectivity index (χ1v) is 11.1. The van der Waals surface area contributed by atoms with E-state index < -0.39 is 14.0 Å². The van der Waals surface area contributed by atoms with Crippen LogP contribution in [0.15, 0.2) is 0 Å². The summed E-state index contributed by atoms with van der Waals surface area (Å²) in [5.74, 6) is 0. The largest absolute Gasteiger partial charge is 0.489 e. The van der Waals surface area contributed by atoms with Crippen LogP contribution in [0.1, 0.15) is 107 Å². The van der Waals surface area contributed by atoms with Crippen molar-refractivity contribution in [2.24, 2.45) is 0 Å². The molecule has 150 valence electrons. The Balaban J connectivity index is 2.36. The molecular formula is C20H40B2O4. The van der Waals surface area contributed by atoms with Crippen molar-refractivity contribution in [3.63, 3.8) is 0 Å². The maximum atomic E-state index is 6.62. The van der Waals surface area contributed by atoms with Crippen LogP contribution in [-0.2, 0) is 18.6 Å². The second-order valence-corrected chi connectivity index (χ2v) is 8.01. The van der Waals surface area contributed by atoms with Crippen molar-refractivity contribution in [3.05, 3.63) is 0 Å². The van der Waals surface area contributed by atoms with Crippen LogP contribution < -0.4 is 0 Å². The molecular weight excluding hydrogens is 326 g/mol. The minimum Gasteiger partial charge on any atom is -0.405 e. The van der Waals surface area contributed by atoms with Crippen molar-refractivity contribution >= 4 is 14.0 Å². The molecule has 2 rings (SSSR count). The highest BCUT2D eigenvalue weighted by atomic mass is 16.7. The van der Waals surface area contributed by atoms with Crippen molar-refractivity contribution in [2.45, 2.75) is 129 Å². The van der Waals surface area contributed by atoms with Gasteiger partial charge in [0.15, 0.2) is 0 Å². The maximum absolute atomic E-state index is 6.62. The Morgan fingerprint density at radius 1 is 0.385 bits per heavy atom. The van der Waals surface area contributed by atoms with Gasteiger partial charge in [0.05, 0.1) is 22.4 Å². The molecule has 2 heterocycles. The van der Waals surface area contributed by atoms with E-state index in [-0.39, 0.29) is 22.4 Å². The number of hydrogen-bond acceptors (Lipinski definition) is 4. The fraction of sp³-hybridized carbons (Fsp3) is 1.00. The Kier molecular flexibility index (Phi) is 6.97. The zero-order valence-corrected chi connectivity index (χ0v) is 18.4. The van der Waals surface area contributed by atoms with E-state index >= 15 is 0 Å². The zero-order valence-electron chi connectivity index (χ0n) is 18.4. The molecule has 0 aromatic rings. The molecule has 0 N–H and O–H groups in total. The summed E-state index contributed by atoms with van der Waals surface area (Å²) in [6, 6.07) is 0. The molecule has 0 radical (unpaired) electrons. The summed E-state index contributed by atoms with van der Waals surface area (Å²) in [6.45, 7) is 17.6. The molecule has 0 saturated carbocycles. The monoisotopic (exact) mass is 366 g/mol. The summed E-state index contributed by atoms with van der Waals surface area (Å²) in [4.78, 5) is 0. The predicted molar refractivity (Wildman–Crippen MR) is 109 cm³/mol. The third kappa shape index (κ3) is 2.91. The van der Waals surface area contributed by atoms with E-state index in [0.29, 0.717) is 0 Å². The second-order valence-electron chi connectivity index (χ2n) is 8.01. The molecule has 0 aliphatic carbocycles. The van der Waals surface area contributed by atoms with Crippen molar-refractivity contribution in [3.8, 4) is 0 Å². The van der Waals surface area contributed by atoms with Gasteiger partial charge in [-0.2, -0.15) is 0 Å². The van der Waals surface area contributed by atoms with Crippen LogP contribution in [0.5, 0.6) is 0 Å². The van der Waals surface area contributed by atoms with Crippen LogP contribution in [0.2, 0.25) is 0 Å². The van der Waals surface area contributed by atoms with Crippen molar-refractivity contribution in [1.82, 2.24) is 0 Å². The molecule has 2 aliphatic rings. The van der Waals surface area contributed by atoms with Gasteiger partial charge in [-0.3, -0.25) is 0 Å². The lowest BCUT2D eigenvalue weighted by Gasteiger charge is -2.42. The lowest BCUT2D eigenvalue weighted by Crippen LogP contribution is -2.50. The van der Waals surface area contributed by atoms with Crippen LogP contribution in [0.25, 0.3) is 0 Å². The molecule has 4 nitrogen and oxygen atoms in total. The van der Waals surface area contributed by atoms with E-state index in [9.17, 15) is 0 Å². The lowest BCUT2D eigenvalue weighted by atomic mass is 9.49.